The maximum Gasteiger partial charge on any atom is 0.253 e. The van der Waals surface area contributed by atoms with Gasteiger partial charge >= 0.3 is 0 Å². The van der Waals surface area contributed by atoms with Gasteiger partial charge in [-0.25, -0.2) is 4.99 Å². The van der Waals surface area contributed by atoms with Crippen LogP contribution >= 0.6 is 24.0 Å². The zero-order valence-corrected chi connectivity index (χ0v) is 19.9. The first-order valence-corrected chi connectivity index (χ1v) is 9.78. The molecule has 2 aromatic carbocycles. The number of fused-ring (bicyclic) bond motifs is 1. The highest BCUT2D eigenvalue weighted by atomic mass is 127. The molecule has 0 spiro atoms. The lowest BCUT2D eigenvalue weighted by atomic mass is 10.1. The van der Waals surface area contributed by atoms with Crippen molar-refractivity contribution >= 4 is 35.8 Å². The number of aliphatic imine (C=N–C) groups is 1. The lowest BCUT2D eigenvalue weighted by Gasteiger charge is -2.12. The van der Waals surface area contributed by atoms with Gasteiger partial charge in [0.1, 0.15) is 0 Å². The standard InChI is InChI=1S/C22H28N4O3.HI/c1-4-23-22(24-12-11-16-7-10-19-20(13-16)29-15-28-19)25-14-17-5-8-18(9-6-17)21(27)26(2)3;/h5-10,13H,4,11-12,14-15H2,1-3H3,(H2,23,24,25);1H. The molecule has 0 aromatic heterocycles. The van der Waals surface area contributed by atoms with Crippen LogP contribution in [0.25, 0.3) is 0 Å². The summed E-state index contributed by atoms with van der Waals surface area (Å²) >= 11 is 0. The van der Waals surface area contributed by atoms with Gasteiger partial charge in [-0.15, -0.1) is 24.0 Å². The minimum Gasteiger partial charge on any atom is -0.454 e. The summed E-state index contributed by atoms with van der Waals surface area (Å²) in [5, 5.41) is 6.62. The molecular weight excluding hydrogens is 495 g/mol. The fraction of sp³-hybridized carbons (Fsp3) is 0.364. The molecule has 0 atom stereocenters. The van der Waals surface area contributed by atoms with Gasteiger partial charge in [0.05, 0.1) is 6.54 Å². The van der Waals surface area contributed by atoms with Crippen molar-refractivity contribution in [1.82, 2.24) is 15.5 Å². The molecule has 0 unspecified atom stereocenters. The third kappa shape index (κ3) is 6.51. The second kappa shape index (κ2) is 11.6. The highest BCUT2D eigenvalue weighted by Gasteiger charge is 2.13. The van der Waals surface area contributed by atoms with E-state index in [1.54, 1.807) is 19.0 Å². The SMILES string of the molecule is CCNC(=NCc1ccc(C(=O)N(C)C)cc1)NCCc1ccc2c(c1)OCO2.I. The van der Waals surface area contributed by atoms with E-state index in [4.69, 9.17) is 9.47 Å². The third-order valence-electron chi connectivity index (χ3n) is 4.51. The lowest BCUT2D eigenvalue weighted by Crippen LogP contribution is -2.38. The Morgan fingerprint density at radius 3 is 2.43 bits per heavy atom. The number of hydrogen-bond donors (Lipinski definition) is 2. The Balaban J connectivity index is 0.00000320. The van der Waals surface area contributed by atoms with Gasteiger partial charge in [0.2, 0.25) is 6.79 Å². The van der Waals surface area contributed by atoms with Crippen molar-refractivity contribution in [2.45, 2.75) is 19.9 Å². The van der Waals surface area contributed by atoms with Crippen LogP contribution in [0, 0.1) is 0 Å². The Bertz CT molecular complexity index is 869. The summed E-state index contributed by atoms with van der Waals surface area (Å²) in [4.78, 5) is 18.2. The van der Waals surface area contributed by atoms with Gasteiger partial charge < -0.3 is 25.0 Å². The van der Waals surface area contributed by atoms with E-state index in [9.17, 15) is 4.79 Å². The highest BCUT2D eigenvalue weighted by molar-refractivity contribution is 14.0. The number of guanidine groups is 1. The molecule has 3 rings (SSSR count). The number of nitrogens with zero attached hydrogens (tertiary/aromatic N) is 2. The molecule has 1 amide bonds. The predicted octanol–water partition coefficient (Wildman–Crippen LogP) is 3.03. The molecule has 0 aliphatic carbocycles. The largest absolute Gasteiger partial charge is 0.454 e. The number of hydrogen-bond acceptors (Lipinski definition) is 4. The van der Waals surface area contributed by atoms with E-state index in [1.165, 1.54) is 5.56 Å². The molecule has 1 aliphatic heterocycles. The van der Waals surface area contributed by atoms with Gasteiger partial charge in [0.25, 0.3) is 5.91 Å². The molecule has 1 heterocycles. The molecule has 2 aromatic rings. The number of carbonyl (C=O) groups excluding carboxylic acids is 1. The first-order valence-electron chi connectivity index (χ1n) is 9.78. The third-order valence-corrected chi connectivity index (χ3v) is 4.51. The van der Waals surface area contributed by atoms with Gasteiger partial charge in [0, 0.05) is 32.7 Å². The molecule has 0 bridgehead atoms. The fourth-order valence-electron chi connectivity index (χ4n) is 2.94. The van der Waals surface area contributed by atoms with E-state index < -0.39 is 0 Å². The molecule has 8 heteroatoms. The summed E-state index contributed by atoms with van der Waals surface area (Å²) in [5.41, 5.74) is 2.91. The van der Waals surface area contributed by atoms with Crippen LogP contribution in [0.5, 0.6) is 11.5 Å². The van der Waals surface area contributed by atoms with Gasteiger partial charge in [0.15, 0.2) is 17.5 Å². The van der Waals surface area contributed by atoms with Gasteiger partial charge in [-0.1, -0.05) is 18.2 Å². The summed E-state index contributed by atoms with van der Waals surface area (Å²) in [6.45, 7) is 4.40. The second-order valence-electron chi connectivity index (χ2n) is 6.96. The molecule has 0 radical (unpaired) electrons. The number of benzene rings is 2. The van der Waals surface area contributed by atoms with Gasteiger partial charge in [-0.3, -0.25) is 4.79 Å². The van der Waals surface area contributed by atoms with Crippen LogP contribution in [-0.4, -0.2) is 50.7 Å². The summed E-state index contributed by atoms with van der Waals surface area (Å²) in [6.07, 6.45) is 0.850. The molecule has 2 N–H and O–H groups in total. The first-order chi connectivity index (χ1) is 14.1. The summed E-state index contributed by atoms with van der Waals surface area (Å²) < 4.78 is 10.8. The zero-order valence-electron chi connectivity index (χ0n) is 17.6. The van der Waals surface area contributed by atoms with E-state index in [2.05, 4.69) is 21.7 Å². The quantitative estimate of drug-likeness (QED) is 0.331. The van der Waals surface area contributed by atoms with E-state index in [-0.39, 0.29) is 29.9 Å². The Morgan fingerprint density at radius 2 is 1.73 bits per heavy atom. The fourth-order valence-corrected chi connectivity index (χ4v) is 2.94. The summed E-state index contributed by atoms with van der Waals surface area (Å²) in [5.74, 6) is 2.37. The predicted molar refractivity (Wildman–Crippen MR) is 129 cm³/mol. The highest BCUT2D eigenvalue weighted by Crippen LogP contribution is 2.32. The van der Waals surface area contributed by atoms with E-state index in [0.717, 1.165) is 42.5 Å². The lowest BCUT2D eigenvalue weighted by molar-refractivity contribution is 0.0827. The Kier molecular flexibility index (Phi) is 9.22. The Labute approximate surface area is 194 Å². The second-order valence-corrected chi connectivity index (χ2v) is 6.96. The smallest absolute Gasteiger partial charge is 0.253 e. The average molecular weight is 524 g/mol. The van der Waals surface area contributed by atoms with E-state index >= 15 is 0 Å². The molecule has 30 heavy (non-hydrogen) atoms. The van der Waals surface area contributed by atoms with Crippen LogP contribution < -0.4 is 20.1 Å². The van der Waals surface area contributed by atoms with Crippen molar-refractivity contribution in [2.75, 3.05) is 34.0 Å². The number of nitrogens with one attached hydrogen (secondary N) is 2. The number of carbonyl (C=O) groups is 1. The monoisotopic (exact) mass is 524 g/mol. The number of halogens is 1. The van der Waals surface area contributed by atoms with Crippen LogP contribution in [0.15, 0.2) is 47.5 Å². The minimum atomic E-state index is -0.00132. The van der Waals surface area contributed by atoms with E-state index in [0.29, 0.717) is 18.9 Å². The molecule has 1 aliphatic rings. The molecular formula is C22H29IN4O3. The number of ether oxygens (including phenoxy) is 2. The van der Waals surface area contributed by atoms with Crippen molar-refractivity contribution in [1.29, 1.82) is 0 Å². The minimum absolute atomic E-state index is 0. The number of rotatable bonds is 7. The zero-order chi connectivity index (χ0) is 20.6. The van der Waals surface area contributed by atoms with Crippen molar-refractivity contribution in [3.8, 4) is 11.5 Å². The van der Waals surface area contributed by atoms with Crippen LogP contribution in [0.3, 0.4) is 0 Å². The van der Waals surface area contributed by atoms with E-state index in [1.807, 2.05) is 43.3 Å². The Morgan fingerprint density at radius 1 is 1.03 bits per heavy atom. The molecule has 7 nitrogen and oxygen atoms in total. The van der Waals surface area contributed by atoms with Crippen LogP contribution in [-0.2, 0) is 13.0 Å². The van der Waals surface area contributed by atoms with Gasteiger partial charge in [-0.05, 0) is 48.7 Å². The molecule has 0 saturated heterocycles. The average Bonchev–Trinajstić information content (AvgIpc) is 3.19. The molecule has 0 saturated carbocycles. The maximum absolute atomic E-state index is 12.0. The first kappa shape index (κ1) is 23.8. The molecule has 162 valence electrons. The van der Waals surface area contributed by atoms with Crippen molar-refractivity contribution in [2.24, 2.45) is 4.99 Å². The van der Waals surface area contributed by atoms with Gasteiger partial charge in [-0.2, -0.15) is 0 Å². The Hall–Kier alpha value is -2.49. The van der Waals surface area contributed by atoms with Crippen molar-refractivity contribution in [3.63, 3.8) is 0 Å². The van der Waals surface area contributed by atoms with Crippen LogP contribution in [0.2, 0.25) is 0 Å². The van der Waals surface area contributed by atoms with Crippen molar-refractivity contribution in [3.05, 3.63) is 59.2 Å². The maximum atomic E-state index is 12.0. The van der Waals surface area contributed by atoms with Crippen LogP contribution in [0.1, 0.15) is 28.4 Å². The summed E-state index contributed by atoms with van der Waals surface area (Å²) in [6, 6.07) is 13.6. The normalized spacial score (nSPS) is 12.2. The van der Waals surface area contributed by atoms with Crippen LogP contribution in [0.4, 0.5) is 0 Å². The molecule has 0 fully saturated rings. The number of amides is 1. The summed E-state index contributed by atoms with van der Waals surface area (Å²) in [7, 11) is 3.50. The van der Waals surface area contributed by atoms with Crippen molar-refractivity contribution < 1.29 is 14.3 Å². The topological polar surface area (TPSA) is 75.2 Å².